The second kappa shape index (κ2) is 5.71. The van der Waals surface area contributed by atoms with Gasteiger partial charge in [0.1, 0.15) is 0 Å². The number of hydrogen-bond donors (Lipinski definition) is 2. The fraction of sp³-hybridized carbons (Fsp3) is 0.462. The van der Waals surface area contributed by atoms with Crippen molar-refractivity contribution in [1.82, 2.24) is 0 Å². The lowest BCUT2D eigenvalue weighted by Gasteiger charge is -2.22. The van der Waals surface area contributed by atoms with Gasteiger partial charge in [-0.25, -0.2) is 4.79 Å². The van der Waals surface area contributed by atoms with E-state index >= 15 is 0 Å². The highest BCUT2D eigenvalue weighted by Crippen LogP contribution is 2.24. The van der Waals surface area contributed by atoms with Crippen molar-refractivity contribution in [1.29, 1.82) is 0 Å². The molecule has 4 nitrogen and oxygen atoms in total. The van der Waals surface area contributed by atoms with Crippen LogP contribution in [-0.4, -0.2) is 29.8 Å². The first-order valence-corrected chi connectivity index (χ1v) is 6.78. The zero-order valence-electron chi connectivity index (χ0n) is 10.1. The third-order valence-corrected chi connectivity index (χ3v) is 3.61. The number of anilines is 1. The molecule has 0 amide bonds. The quantitative estimate of drug-likeness (QED) is 0.896. The fourth-order valence-electron chi connectivity index (χ4n) is 2.15. The molecule has 2 atom stereocenters. The Kier molecular flexibility index (Phi) is 4.24. The second-order valence-corrected chi connectivity index (χ2v) is 5.40. The first-order chi connectivity index (χ1) is 8.58. The van der Waals surface area contributed by atoms with Crippen LogP contribution in [0.3, 0.4) is 0 Å². The van der Waals surface area contributed by atoms with Gasteiger partial charge < -0.3 is 15.2 Å². The van der Waals surface area contributed by atoms with Gasteiger partial charge in [-0.3, -0.25) is 0 Å². The van der Waals surface area contributed by atoms with Gasteiger partial charge in [0.25, 0.3) is 0 Å². The summed E-state index contributed by atoms with van der Waals surface area (Å²) in [6.45, 7) is 2.81. The average molecular weight is 314 g/mol. The number of ether oxygens (including phenoxy) is 1. The molecule has 2 rings (SSSR count). The van der Waals surface area contributed by atoms with Crippen LogP contribution in [0.1, 0.15) is 30.1 Å². The Balaban J connectivity index is 2.15. The molecule has 2 N–H and O–H groups in total. The smallest absolute Gasteiger partial charge is 0.337 e. The Morgan fingerprint density at radius 1 is 1.61 bits per heavy atom. The zero-order valence-corrected chi connectivity index (χ0v) is 11.7. The van der Waals surface area contributed by atoms with Gasteiger partial charge in [-0.05, 0) is 38.0 Å². The molecule has 0 aliphatic carbocycles. The number of benzene rings is 1. The molecule has 18 heavy (non-hydrogen) atoms. The molecule has 0 saturated carbocycles. The van der Waals surface area contributed by atoms with Crippen LogP contribution in [0, 0.1) is 0 Å². The maximum atomic E-state index is 11.2. The largest absolute Gasteiger partial charge is 0.478 e. The standard InChI is InChI=1S/C13H16BrNO3/c1-8(12-3-2-6-18-12)15-11-5-4-9(14)7-10(11)13(16)17/h4-5,7-8,12,15H,2-3,6H2,1H3,(H,16,17). The fourth-order valence-corrected chi connectivity index (χ4v) is 2.52. The van der Waals surface area contributed by atoms with Crippen molar-refractivity contribution in [2.45, 2.75) is 31.9 Å². The lowest BCUT2D eigenvalue weighted by atomic mass is 10.1. The maximum absolute atomic E-state index is 11.2. The minimum absolute atomic E-state index is 0.103. The summed E-state index contributed by atoms with van der Waals surface area (Å²) in [6, 6.07) is 5.31. The molecule has 0 aromatic heterocycles. The van der Waals surface area contributed by atoms with Crippen LogP contribution in [0.5, 0.6) is 0 Å². The summed E-state index contributed by atoms with van der Waals surface area (Å²) in [7, 11) is 0. The topological polar surface area (TPSA) is 58.6 Å². The Morgan fingerprint density at radius 3 is 3.00 bits per heavy atom. The van der Waals surface area contributed by atoms with E-state index in [1.165, 1.54) is 0 Å². The van der Waals surface area contributed by atoms with E-state index in [0.717, 1.165) is 23.9 Å². The van der Waals surface area contributed by atoms with E-state index in [9.17, 15) is 9.90 Å². The van der Waals surface area contributed by atoms with Gasteiger partial charge in [-0.15, -0.1) is 0 Å². The van der Waals surface area contributed by atoms with Crippen LogP contribution in [-0.2, 0) is 4.74 Å². The van der Waals surface area contributed by atoms with Crippen molar-refractivity contribution in [2.24, 2.45) is 0 Å². The Labute approximate surface area is 114 Å². The van der Waals surface area contributed by atoms with Crippen molar-refractivity contribution < 1.29 is 14.6 Å². The SMILES string of the molecule is CC(Nc1ccc(Br)cc1C(=O)O)C1CCCO1. The molecule has 1 saturated heterocycles. The predicted molar refractivity (Wildman–Crippen MR) is 73.2 cm³/mol. The van der Waals surface area contributed by atoms with Gasteiger partial charge in [0.2, 0.25) is 0 Å². The van der Waals surface area contributed by atoms with E-state index in [0.29, 0.717) is 5.69 Å². The molecule has 98 valence electrons. The minimum atomic E-state index is -0.932. The average Bonchev–Trinajstić information content (AvgIpc) is 2.84. The summed E-state index contributed by atoms with van der Waals surface area (Å²) in [4.78, 5) is 11.2. The molecule has 0 bridgehead atoms. The van der Waals surface area contributed by atoms with Gasteiger partial charge in [-0.2, -0.15) is 0 Å². The molecule has 1 aromatic carbocycles. The highest BCUT2D eigenvalue weighted by atomic mass is 79.9. The Bertz CT molecular complexity index is 444. The van der Waals surface area contributed by atoms with Crippen molar-refractivity contribution in [3.05, 3.63) is 28.2 Å². The second-order valence-electron chi connectivity index (χ2n) is 4.48. The van der Waals surface area contributed by atoms with E-state index in [-0.39, 0.29) is 17.7 Å². The van der Waals surface area contributed by atoms with E-state index in [4.69, 9.17) is 4.74 Å². The molecule has 1 aromatic rings. The molecule has 1 heterocycles. The van der Waals surface area contributed by atoms with E-state index in [1.807, 2.05) is 13.0 Å². The van der Waals surface area contributed by atoms with E-state index in [1.54, 1.807) is 12.1 Å². The first-order valence-electron chi connectivity index (χ1n) is 5.99. The number of carboxylic acids is 1. The molecule has 1 aliphatic rings. The highest BCUT2D eigenvalue weighted by Gasteiger charge is 2.23. The number of carbonyl (C=O) groups is 1. The molecule has 0 radical (unpaired) electrons. The van der Waals surface area contributed by atoms with E-state index < -0.39 is 5.97 Å². The van der Waals surface area contributed by atoms with Gasteiger partial charge in [0.05, 0.1) is 11.7 Å². The highest BCUT2D eigenvalue weighted by molar-refractivity contribution is 9.10. The summed E-state index contributed by atoms with van der Waals surface area (Å²) < 4.78 is 6.35. The zero-order chi connectivity index (χ0) is 13.1. The maximum Gasteiger partial charge on any atom is 0.337 e. The van der Waals surface area contributed by atoms with Crippen molar-refractivity contribution in [3.8, 4) is 0 Å². The number of nitrogens with one attached hydrogen (secondary N) is 1. The van der Waals surface area contributed by atoms with Crippen LogP contribution >= 0.6 is 15.9 Å². The molecule has 0 spiro atoms. The molecule has 1 aliphatic heterocycles. The third-order valence-electron chi connectivity index (χ3n) is 3.12. The third kappa shape index (κ3) is 3.03. The van der Waals surface area contributed by atoms with Crippen molar-refractivity contribution in [2.75, 3.05) is 11.9 Å². The van der Waals surface area contributed by atoms with Crippen LogP contribution in [0.4, 0.5) is 5.69 Å². The Morgan fingerprint density at radius 2 is 2.39 bits per heavy atom. The normalized spacial score (nSPS) is 20.7. The van der Waals surface area contributed by atoms with Crippen molar-refractivity contribution >= 4 is 27.6 Å². The van der Waals surface area contributed by atoms with Crippen molar-refractivity contribution in [3.63, 3.8) is 0 Å². The number of carboxylic acid groups (broad SMARTS) is 1. The number of aromatic carboxylic acids is 1. The molecule has 2 unspecified atom stereocenters. The number of hydrogen-bond acceptors (Lipinski definition) is 3. The molecule has 1 fully saturated rings. The lowest BCUT2D eigenvalue weighted by Crippen LogP contribution is -2.30. The summed E-state index contributed by atoms with van der Waals surface area (Å²) in [5, 5.41) is 12.4. The van der Waals surface area contributed by atoms with Gasteiger partial charge in [0, 0.05) is 22.8 Å². The van der Waals surface area contributed by atoms with Gasteiger partial charge in [-0.1, -0.05) is 15.9 Å². The Hall–Kier alpha value is -1.07. The summed E-state index contributed by atoms with van der Waals surface area (Å²) in [6.07, 6.45) is 2.26. The van der Waals surface area contributed by atoms with Crippen LogP contribution < -0.4 is 5.32 Å². The summed E-state index contributed by atoms with van der Waals surface area (Å²) >= 11 is 3.28. The first kappa shape index (κ1) is 13.4. The number of halogens is 1. The van der Waals surface area contributed by atoms with E-state index in [2.05, 4.69) is 21.2 Å². The lowest BCUT2D eigenvalue weighted by molar-refractivity contribution is 0.0697. The molecular formula is C13H16BrNO3. The van der Waals surface area contributed by atoms with Crippen LogP contribution in [0.15, 0.2) is 22.7 Å². The minimum Gasteiger partial charge on any atom is -0.478 e. The van der Waals surface area contributed by atoms with Crippen LogP contribution in [0.2, 0.25) is 0 Å². The monoisotopic (exact) mass is 313 g/mol. The summed E-state index contributed by atoms with van der Waals surface area (Å²) in [5.41, 5.74) is 0.905. The van der Waals surface area contributed by atoms with Crippen LogP contribution in [0.25, 0.3) is 0 Å². The van der Waals surface area contributed by atoms with Gasteiger partial charge >= 0.3 is 5.97 Å². The predicted octanol–water partition coefficient (Wildman–Crippen LogP) is 3.13. The van der Waals surface area contributed by atoms with Gasteiger partial charge in [0.15, 0.2) is 0 Å². The summed E-state index contributed by atoms with van der Waals surface area (Å²) in [5.74, 6) is -0.932. The molecular weight excluding hydrogens is 298 g/mol. The molecule has 5 heteroatoms. The number of rotatable bonds is 4.